The van der Waals surface area contributed by atoms with Gasteiger partial charge in [-0.3, -0.25) is 4.79 Å². The van der Waals surface area contributed by atoms with Crippen LogP contribution < -0.4 is 0 Å². The van der Waals surface area contributed by atoms with Crippen LogP contribution in [0, 0.1) is 3.57 Å². The fourth-order valence-corrected chi connectivity index (χ4v) is 3.09. The van der Waals surface area contributed by atoms with E-state index in [1.54, 1.807) is 0 Å². The lowest BCUT2D eigenvalue weighted by molar-refractivity contribution is 0.0667. The predicted molar refractivity (Wildman–Crippen MR) is 91.0 cm³/mol. The lowest BCUT2D eigenvalue weighted by atomic mass is 10.1. The number of likely N-dealkylation sites (N-methyl/N-ethyl adjacent to an activating group) is 1. The maximum Gasteiger partial charge on any atom is 0.254 e. The number of hydrogen-bond acceptors (Lipinski definition) is 2. The lowest BCUT2D eigenvalue weighted by Crippen LogP contribution is -2.42. The van der Waals surface area contributed by atoms with Crippen molar-refractivity contribution in [3.63, 3.8) is 0 Å². The van der Waals surface area contributed by atoms with Crippen molar-refractivity contribution < 1.29 is 4.79 Å². The standard InChI is InChI=1S/C16H23IN2O/c1-18(2)11-12-19(15-5-3-4-6-15)16(20)13-7-9-14(17)10-8-13/h7-10,15H,3-6,11-12H2,1-2H3. The summed E-state index contributed by atoms with van der Waals surface area (Å²) in [6.45, 7) is 1.75. The van der Waals surface area contributed by atoms with E-state index in [2.05, 4.69) is 46.5 Å². The van der Waals surface area contributed by atoms with E-state index in [1.165, 1.54) is 16.4 Å². The molecule has 0 unspecified atom stereocenters. The highest BCUT2D eigenvalue weighted by atomic mass is 127. The second kappa shape index (κ2) is 7.41. The number of hydrogen-bond donors (Lipinski definition) is 0. The Balaban J connectivity index is 2.11. The van der Waals surface area contributed by atoms with E-state index in [-0.39, 0.29) is 5.91 Å². The number of carbonyl (C=O) groups excluding carboxylic acids is 1. The molecule has 0 aromatic heterocycles. The van der Waals surface area contributed by atoms with E-state index in [0.29, 0.717) is 6.04 Å². The normalized spacial score (nSPS) is 15.8. The molecule has 0 aliphatic heterocycles. The minimum absolute atomic E-state index is 0.190. The monoisotopic (exact) mass is 386 g/mol. The molecule has 0 heterocycles. The zero-order valence-corrected chi connectivity index (χ0v) is 14.5. The molecular weight excluding hydrogens is 363 g/mol. The largest absolute Gasteiger partial charge is 0.334 e. The average Bonchev–Trinajstić information content (AvgIpc) is 2.93. The maximum absolute atomic E-state index is 12.8. The Morgan fingerprint density at radius 3 is 2.30 bits per heavy atom. The van der Waals surface area contributed by atoms with Crippen molar-refractivity contribution in [1.82, 2.24) is 9.80 Å². The molecule has 1 saturated carbocycles. The first-order valence-corrected chi connectivity index (χ1v) is 8.37. The zero-order chi connectivity index (χ0) is 14.5. The van der Waals surface area contributed by atoms with Crippen LogP contribution in [0.3, 0.4) is 0 Å². The van der Waals surface area contributed by atoms with Crippen LogP contribution in [0.2, 0.25) is 0 Å². The summed E-state index contributed by atoms with van der Waals surface area (Å²) in [5.74, 6) is 0.190. The molecule has 0 radical (unpaired) electrons. The Bertz CT molecular complexity index is 438. The quantitative estimate of drug-likeness (QED) is 0.726. The summed E-state index contributed by atoms with van der Waals surface area (Å²) in [6.07, 6.45) is 4.82. The van der Waals surface area contributed by atoms with Gasteiger partial charge >= 0.3 is 0 Å². The number of carbonyl (C=O) groups is 1. The van der Waals surface area contributed by atoms with Gasteiger partial charge in [-0.15, -0.1) is 0 Å². The molecule has 1 amide bonds. The predicted octanol–water partition coefficient (Wildman–Crippen LogP) is 3.24. The Labute approximate surface area is 135 Å². The lowest BCUT2D eigenvalue weighted by Gasteiger charge is -2.30. The molecule has 3 nitrogen and oxygen atoms in total. The molecule has 0 bridgehead atoms. The molecule has 4 heteroatoms. The van der Waals surface area contributed by atoms with E-state index in [1.807, 2.05) is 24.3 Å². The first kappa shape index (κ1) is 15.8. The Morgan fingerprint density at radius 2 is 1.75 bits per heavy atom. The highest BCUT2D eigenvalue weighted by Gasteiger charge is 2.27. The van der Waals surface area contributed by atoms with Crippen LogP contribution in [-0.4, -0.2) is 48.9 Å². The molecule has 1 aromatic rings. The molecule has 1 aliphatic rings. The third kappa shape index (κ3) is 4.19. The van der Waals surface area contributed by atoms with Crippen LogP contribution in [0.5, 0.6) is 0 Å². The van der Waals surface area contributed by atoms with Crippen molar-refractivity contribution in [2.24, 2.45) is 0 Å². The average molecular weight is 386 g/mol. The van der Waals surface area contributed by atoms with E-state index >= 15 is 0 Å². The smallest absolute Gasteiger partial charge is 0.254 e. The molecule has 0 saturated heterocycles. The fourth-order valence-electron chi connectivity index (χ4n) is 2.73. The molecule has 1 aliphatic carbocycles. The van der Waals surface area contributed by atoms with Crippen LogP contribution in [0.4, 0.5) is 0 Å². The molecule has 1 fully saturated rings. The molecule has 0 N–H and O–H groups in total. The van der Waals surface area contributed by atoms with Crippen molar-refractivity contribution in [3.8, 4) is 0 Å². The highest BCUT2D eigenvalue weighted by Crippen LogP contribution is 2.25. The Kier molecular flexibility index (Phi) is 5.84. The third-order valence-electron chi connectivity index (χ3n) is 3.91. The Hall–Kier alpha value is -0.620. The highest BCUT2D eigenvalue weighted by molar-refractivity contribution is 14.1. The summed E-state index contributed by atoms with van der Waals surface area (Å²) in [5.41, 5.74) is 0.816. The topological polar surface area (TPSA) is 23.6 Å². The molecule has 2 rings (SSSR count). The van der Waals surface area contributed by atoms with E-state index in [0.717, 1.165) is 31.5 Å². The number of halogens is 1. The van der Waals surface area contributed by atoms with Gasteiger partial charge in [0.25, 0.3) is 5.91 Å². The molecule has 20 heavy (non-hydrogen) atoms. The van der Waals surface area contributed by atoms with E-state index in [9.17, 15) is 4.79 Å². The molecule has 1 aromatic carbocycles. The molecule has 0 spiro atoms. The van der Waals surface area contributed by atoms with Crippen LogP contribution in [-0.2, 0) is 0 Å². The van der Waals surface area contributed by atoms with Crippen molar-refractivity contribution in [2.45, 2.75) is 31.7 Å². The van der Waals surface area contributed by atoms with Crippen molar-refractivity contribution in [2.75, 3.05) is 27.2 Å². The van der Waals surface area contributed by atoms with Gasteiger partial charge in [0.05, 0.1) is 0 Å². The second-order valence-corrected chi connectivity index (χ2v) is 6.99. The van der Waals surface area contributed by atoms with Crippen molar-refractivity contribution in [1.29, 1.82) is 0 Å². The number of amides is 1. The summed E-state index contributed by atoms with van der Waals surface area (Å²) in [6, 6.07) is 8.34. The van der Waals surface area contributed by atoms with E-state index < -0.39 is 0 Å². The Morgan fingerprint density at radius 1 is 1.15 bits per heavy atom. The van der Waals surface area contributed by atoms with Gasteiger partial charge in [0.2, 0.25) is 0 Å². The minimum Gasteiger partial charge on any atom is -0.334 e. The third-order valence-corrected chi connectivity index (χ3v) is 4.62. The van der Waals surface area contributed by atoms with Gasteiger partial charge in [0.1, 0.15) is 0 Å². The van der Waals surface area contributed by atoms with Gasteiger partial charge in [-0.1, -0.05) is 12.8 Å². The van der Waals surface area contributed by atoms with Crippen molar-refractivity contribution >= 4 is 28.5 Å². The fraction of sp³-hybridized carbons (Fsp3) is 0.562. The van der Waals surface area contributed by atoms with Gasteiger partial charge in [0, 0.05) is 28.3 Å². The van der Waals surface area contributed by atoms with Gasteiger partial charge in [-0.25, -0.2) is 0 Å². The molecular formula is C16H23IN2O. The second-order valence-electron chi connectivity index (χ2n) is 5.75. The van der Waals surface area contributed by atoms with Gasteiger partial charge in [-0.05, 0) is 73.8 Å². The summed E-state index contributed by atoms with van der Waals surface area (Å²) in [5, 5.41) is 0. The molecule has 0 atom stereocenters. The van der Waals surface area contributed by atoms with Gasteiger partial charge in [0.15, 0.2) is 0 Å². The first-order chi connectivity index (χ1) is 9.58. The first-order valence-electron chi connectivity index (χ1n) is 7.29. The summed E-state index contributed by atoms with van der Waals surface area (Å²) >= 11 is 2.27. The maximum atomic E-state index is 12.8. The van der Waals surface area contributed by atoms with Crippen LogP contribution >= 0.6 is 22.6 Å². The van der Waals surface area contributed by atoms with Gasteiger partial charge < -0.3 is 9.80 Å². The van der Waals surface area contributed by atoms with Gasteiger partial charge in [-0.2, -0.15) is 0 Å². The minimum atomic E-state index is 0.190. The summed E-state index contributed by atoms with van der Waals surface area (Å²) in [4.78, 5) is 17.0. The SMILES string of the molecule is CN(C)CCN(C(=O)c1ccc(I)cc1)C1CCCC1. The number of nitrogens with zero attached hydrogens (tertiary/aromatic N) is 2. The van der Waals surface area contributed by atoms with Crippen LogP contribution in [0.1, 0.15) is 36.0 Å². The summed E-state index contributed by atoms with van der Waals surface area (Å²) < 4.78 is 1.17. The number of rotatable bonds is 5. The summed E-state index contributed by atoms with van der Waals surface area (Å²) in [7, 11) is 4.12. The number of benzene rings is 1. The van der Waals surface area contributed by atoms with Crippen LogP contribution in [0.25, 0.3) is 0 Å². The van der Waals surface area contributed by atoms with Crippen LogP contribution in [0.15, 0.2) is 24.3 Å². The van der Waals surface area contributed by atoms with Crippen molar-refractivity contribution in [3.05, 3.63) is 33.4 Å². The molecule has 110 valence electrons. The zero-order valence-electron chi connectivity index (χ0n) is 12.3. The van der Waals surface area contributed by atoms with E-state index in [4.69, 9.17) is 0 Å².